The first-order chi connectivity index (χ1) is 17.9. The number of aromatic nitrogens is 2. The molecule has 2 aromatic carbocycles. The lowest BCUT2D eigenvalue weighted by Crippen LogP contribution is -2.34. The topological polar surface area (TPSA) is 25.8 Å². The molecule has 2 heterocycles. The van der Waals surface area contributed by atoms with Gasteiger partial charge in [-0.25, -0.2) is 0 Å². The van der Waals surface area contributed by atoms with E-state index in [0.717, 1.165) is 17.5 Å². The number of nitrogens with zero attached hydrogens (tertiary/aromatic N) is 2. The second kappa shape index (κ2) is 10.4. The van der Waals surface area contributed by atoms with Gasteiger partial charge in [0.1, 0.15) is 0 Å². The van der Waals surface area contributed by atoms with Crippen molar-refractivity contribution in [3.8, 4) is 0 Å². The van der Waals surface area contributed by atoms with Gasteiger partial charge in [0, 0.05) is 18.3 Å². The minimum absolute atomic E-state index is 0.0620. The minimum atomic E-state index is -0.594. The quantitative estimate of drug-likeness (QED) is 0.240. The van der Waals surface area contributed by atoms with Crippen LogP contribution in [0.3, 0.4) is 0 Å². The van der Waals surface area contributed by atoms with Crippen molar-refractivity contribution in [2.24, 2.45) is 11.3 Å². The van der Waals surface area contributed by atoms with Crippen molar-refractivity contribution in [1.29, 1.82) is 0 Å². The molecule has 2 nitrogen and oxygen atoms in total. The Morgan fingerprint density at radius 2 is 1.16 bits per heavy atom. The normalized spacial score (nSPS) is 16.4. The fourth-order valence-electron chi connectivity index (χ4n) is 5.77. The van der Waals surface area contributed by atoms with Crippen molar-refractivity contribution >= 4 is 29.6 Å². The lowest BCUT2D eigenvalue weighted by Gasteiger charge is -2.41. The van der Waals surface area contributed by atoms with Gasteiger partial charge in [-0.05, 0) is 69.3 Å². The molecule has 2 aromatic heterocycles. The second-order valence-electron chi connectivity index (χ2n) is 10.7. The summed E-state index contributed by atoms with van der Waals surface area (Å²) in [4.78, 5) is 9.86. The Balaban J connectivity index is 1.92. The summed E-state index contributed by atoms with van der Waals surface area (Å²) in [6, 6.07) is 34.2. The van der Waals surface area contributed by atoms with Gasteiger partial charge < -0.3 is 0 Å². The number of hydrogen-bond donors (Lipinski definition) is 0. The van der Waals surface area contributed by atoms with Gasteiger partial charge in [-0.2, -0.15) is 0 Å². The summed E-state index contributed by atoms with van der Waals surface area (Å²) in [5, 5.41) is -0.594. The highest BCUT2D eigenvalue weighted by molar-refractivity contribution is 7.19. The molecule has 0 radical (unpaired) electrons. The molecule has 186 valence electrons. The smallest absolute Gasteiger partial charge is 0.0905 e. The van der Waals surface area contributed by atoms with Crippen LogP contribution in [0.2, 0.25) is 0 Å². The lowest BCUT2D eigenvalue weighted by atomic mass is 9.67. The van der Waals surface area contributed by atoms with E-state index >= 15 is 0 Å². The molecule has 0 saturated heterocycles. The second-order valence-corrected chi connectivity index (χ2v) is 11.9. The van der Waals surface area contributed by atoms with Crippen LogP contribution in [-0.4, -0.2) is 16.1 Å². The highest BCUT2D eigenvalue weighted by atomic mass is 31.0. The predicted molar refractivity (Wildman–Crippen MR) is 163 cm³/mol. The SMILES string of the molecule is CC(C)(C)C1C(c2ccccc2)=C(c2ccccc2)C(CP)=C1C(P)(c1ccccn1)c1ccccn1. The van der Waals surface area contributed by atoms with Crippen LogP contribution in [0.1, 0.15) is 43.3 Å². The third-order valence-electron chi connectivity index (χ3n) is 7.25. The van der Waals surface area contributed by atoms with Crippen LogP contribution in [0.4, 0.5) is 0 Å². The molecule has 1 aliphatic rings. The molecule has 0 aliphatic heterocycles. The predicted octanol–water partition coefficient (Wildman–Crippen LogP) is 8.05. The number of allylic oxidation sites excluding steroid dienone is 4. The van der Waals surface area contributed by atoms with Crippen LogP contribution in [-0.2, 0) is 5.16 Å². The fraction of sp³-hybridized carbons (Fsp3) is 0.212. The van der Waals surface area contributed by atoms with E-state index in [2.05, 4.69) is 124 Å². The molecule has 1 aliphatic carbocycles. The zero-order valence-electron chi connectivity index (χ0n) is 21.7. The highest BCUT2D eigenvalue weighted by Gasteiger charge is 2.50. The van der Waals surface area contributed by atoms with Gasteiger partial charge in [-0.3, -0.25) is 9.97 Å². The molecule has 5 rings (SSSR count). The molecule has 0 bridgehead atoms. The van der Waals surface area contributed by atoms with Gasteiger partial charge in [0.2, 0.25) is 0 Å². The number of benzene rings is 2. The van der Waals surface area contributed by atoms with E-state index in [4.69, 9.17) is 9.97 Å². The van der Waals surface area contributed by atoms with E-state index in [0.29, 0.717) is 0 Å². The van der Waals surface area contributed by atoms with Crippen LogP contribution >= 0.6 is 18.5 Å². The van der Waals surface area contributed by atoms with Crippen LogP contribution in [0, 0.1) is 11.3 Å². The number of rotatable bonds is 6. The molecule has 37 heavy (non-hydrogen) atoms. The molecular weight excluding hydrogens is 486 g/mol. The molecule has 0 spiro atoms. The summed E-state index contributed by atoms with van der Waals surface area (Å²) in [5.74, 6) is 0.141. The van der Waals surface area contributed by atoms with Crippen LogP contribution in [0.5, 0.6) is 0 Å². The molecule has 0 N–H and O–H groups in total. The zero-order valence-corrected chi connectivity index (χ0v) is 24.0. The number of pyridine rings is 2. The first-order valence-corrected chi connectivity index (χ1v) is 14.2. The fourth-order valence-corrected chi connectivity index (χ4v) is 6.87. The molecule has 3 atom stereocenters. The van der Waals surface area contributed by atoms with Gasteiger partial charge in [0.25, 0.3) is 0 Å². The summed E-state index contributed by atoms with van der Waals surface area (Å²) in [6.07, 6.45) is 4.61. The van der Waals surface area contributed by atoms with Gasteiger partial charge in [-0.15, -0.1) is 18.5 Å². The Hall–Kier alpha value is -2.92. The van der Waals surface area contributed by atoms with Gasteiger partial charge in [-0.1, -0.05) is 93.6 Å². The lowest BCUT2D eigenvalue weighted by molar-refractivity contribution is 0.330. The summed E-state index contributed by atoms with van der Waals surface area (Å²) in [6.45, 7) is 7.07. The molecule has 3 unspecified atom stereocenters. The first-order valence-electron chi connectivity index (χ1n) is 12.8. The monoisotopic (exact) mass is 520 g/mol. The molecular formula is C33H34N2P2. The Morgan fingerprint density at radius 3 is 1.59 bits per heavy atom. The van der Waals surface area contributed by atoms with Crippen LogP contribution in [0.25, 0.3) is 11.1 Å². The van der Waals surface area contributed by atoms with E-state index in [1.807, 2.05) is 24.5 Å². The maximum atomic E-state index is 4.93. The third kappa shape index (κ3) is 4.63. The maximum absolute atomic E-state index is 4.93. The Morgan fingerprint density at radius 1 is 0.676 bits per heavy atom. The molecule has 4 aromatic rings. The van der Waals surface area contributed by atoms with Crippen molar-refractivity contribution in [3.05, 3.63) is 143 Å². The van der Waals surface area contributed by atoms with Crippen molar-refractivity contribution in [1.82, 2.24) is 9.97 Å². The van der Waals surface area contributed by atoms with Gasteiger partial charge >= 0.3 is 0 Å². The first kappa shape index (κ1) is 25.7. The molecule has 0 fully saturated rings. The zero-order chi connectivity index (χ0) is 26.0. The molecule has 4 heteroatoms. The molecule has 0 saturated carbocycles. The van der Waals surface area contributed by atoms with Crippen LogP contribution < -0.4 is 0 Å². The van der Waals surface area contributed by atoms with Gasteiger partial charge in [0.15, 0.2) is 0 Å². The van der Waals surface area contributed by atoms with Crippen molar-refractivity contribution in [2.75, 3.05) is 6.16 Å². The standard InChI is InChI=1S/C33H34N2P2/c1-32(2,3)31-29(24-16-8-5-9-17-24)28(23-14-6-4-7-15-23)25(22-36)30(31)33(37,26-18-10-12-20-34-26)27-19-11-13-21-35-27/h4-21,31H,22,36-37H2,1-3H3. The van der Waals surface area contributed by atoms with E-state index < -0.39 is 5.16 Å². The maximum Gasteiger partial charge on any atom is 0.0905 e. The van der Waals surface area contributed by atoms with Crippen LogP contribution in [0.15, 0.2) is 121 Å². The summed E-state index contributed by atoms with van der Waals surface area (Å²) >= 11 is 0. The third-order valence-corrected chi connectivity index (χ3v) is 8.56. The van der Waals surface area contributed by atoms with E-state index in [1.54, 1.807) is 0 Å². The Labute approximate surface area is 225 Å². The van der Waals surface area contributed by atoms with Crippen molar-refractivity contribution in [3.63, 3.8) is 0 Å². The molecule has 0 amide bonds. The van der Waals surface area contributed by atoms with Gasteiger partial charge in [0.05, 0.1) is 16.5 Å². The van der Waals surface area contributed by atoms with E-state index in [-0.39, 0.29) is 11.3 Å². The van der Waals surface area contributed by atoms with Crippen molar-refractivity contribution < 1.29 is 0 Å². The van der Waals surface area contributed by atoms with E-state index in [1.165, 1.54) is 33.4 Å². The summed E-state index contributed by atoms with van der Waals surface area (Å²) in [7, 11) is 6.23. The average Bonchev–Trinajstić information content (AvgIpc) is 3.31. The van der Waals surface area contributed by atoms with E-state index in [9.17, 15) is 0 Å². The highest BCUT2D eigenvalue weighted by Crippen LogP contribution is 2.62. The minimum Gasteiger partial charge on any atom is -0.260 e. The summed E-state index contributed by atoms with van der Waals surface area (Å²) < 4.78 is 0. The summed E-state index contributed by atoms with van der Waals surface area (Å²) in [5.41, 5.74) is 9.84. The van der Waals surface area contributed by atoms with Crippen molar-refractivity contribution in [2.45, 2.75) is 25.9 Å². The largest absolute Gasteiger partial charge is 0.260 e. The Kier molecular flexibility index (Phi) is 7.26. The average molecular weight is 521 g/mol. The Bertz CT molecular complexity index is 1380. The number of hydrogen-bond acceptors (Lipinski definition) is 2.